The van der Waals surface area contributed by atoms with Gasteiger partial charge < -0.3 is 19.2 Å². The third-order valence-electron chi connectivity index (χ3n) is 5.85. The standard InChI is InChI=1S/C23H24N4O4/c1-29-19-10-15(11-20-22(19)31-14-30-20)13-27-8-4-16(5-9-27)18-12-21(28)26-23(25-18)17-2-6-24-7-3-17/h2-3,6-7,10-12,16H,4-5,8-9,13-14H2,1H3,(H,25,26,28). The number of fused-ring (bicyclic) bond motifs is 1. The normalized spacial score (nSPS) is 16.4. The quantitative estimate of drug-likeness (QED) is 0.679. The highest BCUT2D eigenvalue weighted by molar-refractivity contribution is 5.55. The second-order valence-electron chi connectivity index (χ2n) is 7.84. The molecular formula is C23H24N4O4. The molecule has 0 aliphatic carbocycles. The van der Waals surface area contributed by atoms with E-state index < -0.39 is 0 Å². The van der Waals surface area contributed by atoms with Gasteiger partial charge in [0.05, 0.1) is 12.8 Å². The molecule has 2 aromatic heterocycles. The molecule has 1 fully saturated rings. The second kappa shape index (κ2) is 8.39. The molecule has 4 heterocycles. The third-order valence-corrected chi connectivity index (χ3v) is 5.85. The van der Waals surface area contributed by atoms with Crippen molar-refractivity contribution in [1.82, 2.24) is 19.9 Å². The number of piperidine rings is 1. The van der Waals surface area contributed by atoms with Gasteiger partial charge in [-0.3, -0.25) is 14.7 Å². The summed E-state index contributed by atoms with van der Waals surface area (Å²) in [7, 11) is 1.64. The van der Waals surface area contributed by atoms with Crippen molar-refractivity contribution in [2.24, 2.45) is 0 Å². The zero-order valence-electron chi connectivity index (χ0n) is 17.3. The summed E-state index contributed by atoms with van der Waals surface area (Å²) < 4.78 is 16.5. The Kier molecular flexibility index (Phi) is 5.30. The van der Waals surface area contributed by atoms with Gasteiger partial charge in [0.15, 0.2) is 11.5 Å². The smallest absolute Gasteiger partial charge is 0.251 e. The fourth-order valence-corrected chi connectivity index (χ4v) is 4.25. The van der Waals surface area contributed by atoms with E-state index in [1.807, 2.05) is 24.3 Å². The molecular weight excluding hydrogens is 396 g/mol. The van der Waals surface area contributed by atoms with Crippen LogP contribution in [0.2, 0.25) is 0 Å². The number of benzene rings is 1. The van der Waals surface area contributed by atoms with Crippen molar-refractivity contribution in [2.75, 3.05) is 27.0 Å². The lowest BCUT2D eigenvalue weighted by Gasteiger charge is -2.31. The highest BCUT2D eigenvalue weighted by Gasteiger charge is 2.25. The monoisotopic (exact) mass is 420 g/mol. The Morgan fingerprint density at radius 3 is 2.74 bits per heavy atom. The molecule has 0 atom stereocenters. The fourth-order valence-electron chi connectivity index (χ4n) is 4.25. The van der Waals surface area contributed by atoms with Crippen molar-refractivity contribution in [3.8, 4) is 28.6 Å². The number of likely N-dealkylation sites (tertiary alicyclic amines) is 1. The lowest BCUT2D eigenvalue weighted by molar-refractivity contribution is 0.171. The van der Waals surface area contributed by atoms with Crippen LogP contribution in [0.5, 0.6) is 17.2 Å². The number of aromatic amines is 1. The molecule has 2 aliphatic rings. The maximum absolute atomic E-state index is 12.2. The molecule has 1 saturated heterocycles. The van der Waals surface area contributed by atoms with Crippen molar-refractivity contribution >= 4 is 0 Å². The Morgan fingerprint density at radius 2 is 1.97 bits per heavy atom. The highest BCUT2D eigenvalue weighted by atomic mass is 16.7. The summed E-state index contributed by atoms with van der Waals surface area (Å²) >= 11 is 0. The van der Waals surface area contributed by atoms with Crippen LogP contribution in [0.25, 0.3) is 11.4 Å². The third kappa shape index (κ3) is 4.11. The zero-order chi connectivity index (χ0) is 21.2. The van der Waals surface area contributed by atoms with Crippen molar-refractivity contribution in [3.63, 3.8) is 0 Å². The minimum absolute atomic E-state index is 0.119. The Labute approximate surface area is 179 Å². The van der Waals surface area contributed by atoms with E-state index in [0.29, 0.717) is 17.3 Å². The number of methoxy groups -OCH3 is 1. The van der Waals surface area contributed by atoms with Gasteiger partial charge in [-0.25, -0.2) is 4.98 Å². The largest absolute Gasteiger partial charge is 0.493 e. The number of hydrogen-bond acceptors (Lipinski definition) is 7. The molecule has 1 N–H and O–H groups in total. The van der Waals surface area contributed by atoms with E-state index in [1.165, 1.54) is 0 Å². The number of nitrogens with zero attached hydrogens (tertiary/aromatic N) is 3. The second-order valence-corrected chi connectivity index (χ2v) is 7.84. The number of aromatic nitrogens is 3. The van der Waals surface area contributed by atoms with Crippen LogP contribution >= 0.6 is 0 Å². The van der Waals surface area contributed by atoms with Crippen LogP contribution in [0, 0.1) is 0 Å². The highest BCUT2D eigenvalue weighted by Crippen LogP contribution is 2.42. The first-order valence-electron chi connectivity index (χ1n) is 10.4. The van der Waals surface area contributed by atoms with E-state index in [9.17, 15) is 4.79 Å². The Hall–Kier alpha value is -3.39. The number of H-pyrrole nitrogens is 1. The maximum atomic E-state index is 12.2. The van der Waals surface area contributed by atoms with Gasteiger partial charge in [0.1, 0.15) is 5.82 Å². The minimum Gasteiger partial charge on any atom is -0.493 e. The van der Waals surface area contributed by atoms with Crippen molar-refractivity contribution in [2.45, 2.75) is 25.3 Å². The van der Waals surface area contributed by atoms with Crippen LogP contribution in [0.3, 0.4) is 0 Å². The molecule has 0 spiro atoms. The van der Waals surface area contributed by atoms with Gasteiger partial charge in [-0.1, -0.05) is 0 Å². The summed E-state index contributed by atoms with van der Waals surface area (Å²) in [4.78, 5) is 26.3. The number of pyridine rings is 1. The molecule has 8 heteroatoms. The van der Waals surface area contributed by atoms with Gasteiger partial charge in [-0.15, -0.1) is 0 Å². The van der Waals surface area contributed by atoms with Crippen LogP contribution in [-0.2, 0) is 6.54 Å². The Bertz CT molecular complexity index is 1120. The van der Waals surface area contributed by atoms with E-state index in [1.54, 1.807) is 25.6 Å². The molecule has 3 aromatic rings. The summed E-state index contributed by atoms with van der Waals surface area (Å²) in [6.07, 6.45) is 5.30. The number of ether oxygens (including phenoxy) is 3. The van der Waals surface area contributed by atoms with Gasteiger partial charge in [0.2, 0.25) is 12.5 Å². The fraction of sp³-hybridized carbons (Fsp3) is 0.348. The molecule has 0 radical (unpaired) electrons. The lowest BCUT2D eigenvalue weighted by atomic mass is 9.93. The average molecular weight is 420 g/mol. The van der Waals surface area contributed by atoms with Gasteiger partial charge >= 0.3 is 0 Å². The minimum atomic E-state index is -0.119. The molecule has 2 aliphatic heterocycles. The van der Waals surface area contributed by atoms with Crippen LogP contribution < -0.4 is 19.8 Å². The van der Waals surface area contributed by atoms with Gasteiger partial charge in [0.25, 0.3) is 5.56 Å². The van der Waals surface area contributed by atoms with Crippen LogP contribution in [0.4, 0.5) is 0 Å². The van der Waals surface area contributed by atoms with E-state index in [4.69, 9.17) is 19.2 Å². The molecule has 1 aromatic carbocycles. The summed E-state index contributed by atoms with van der Waals surface area (Å²) in [6.45, 7) is 2.90. The van der Waals surface area contributed by atoms with Crippen LogP contribution in [0.1, 0.15) is 30.0 Å². The van der Waals surface area contributed by atoms with E-state index in [0.717, 1.165) is 55.0 Å². The first-order valence-corrected chi connectivity index (χ1v) is 10.4. The van der Waals surface area contributed by atoms with Crippen molar-refractivity contribution in [1.29, 1.82) is 0 Å². The first kappa shape index (κ1) is 19.6. The van der Waals surface area contributed by atoms with E-state index in [2.05, 4.69) is 14.9 Å². The summed E-state index contributed by atoms with van der Waals surface area (Å²) in [5, 5.41) is 0. The van der Waals surface area contributed by atoms with E-state index >= 15 is 0 Å². The Balaban J connectivity index is 1.27. The van der Waals surface area contributed by atoms with Crippen molar-refractivity contribution in [3.05, 3.63) is 64.3 Å². The zero-order valence-corrected chi connectivity index (χ0v) is 17.3. The summed E-state index contributed by atoms with van der Waals surface area (Å²) in [6, 6.07) is 9.37. The SMILES string of the molecule is COc1cc(CN2CCC(c3cc(=O)[nH]c(-c4ccncc4)n3)CC2)cc2c1OCO2. The number of nitrogens with one attached hydrogen (secondary N) is 1. The molecule has 0 bridgehead atoms. The molecule has 0 saturated carbocycles. The predicted octanol–water partition coefficient (Wildman–Crippen LogP) is 2.95. The molecule has 5 rings (SSSR count). The predicted molar refractivity (Wildman–Crippen MR) is 114 cm³/mol. The molecule has 160 valence electrons. The average Bonchev–Trinajstić information content (AvgIpc) is 3.28. The van der Waals surface area contributed by atoms with Crippen LogP contribution in [-0.4, -0.2) is 46.8 Å². The maximum Gasteiger partial charge on any atom is 0.251 e. The molecule has 8 nitrogen and oxygen atoms in total. The Morgan fingerprint density at radius 1 is 1.16 bits per heavy atom. The van der Waals surface area contributed by atoms with Gasteiger partial charge in [0, 0.05) is 36.5 Å². The summed E-state index contributed by atoms with van der Waals surface area (Å²) in [5.74, 6) is 2.98. The number of hydrogen-bond donors (Lipinski definition) is 1. The topological polar surface area (TPSA) is 89.6 Å². The van der Waals surface area contributed by atoms with Gasteiger partial charge in [-0.2, -0.15) is 0 Å². The molecule has 31 heavy (non-hydrogen) atoms. The van der Waals surface area contributed by atoms with Crippen molar-refractivity contribution < 1.29 is 14.2 Å². The molecule has 0 unspecified atom stereocenters. The summed E-state index contributed by atoms with van der Waals surface area (Å²) in [5.41, 5.74) is 2.74. The molecule has 0 amide bonds. The lowest BCUT2D eigenvalue weighted by Crippen LogP contribution is -2.33. The van der Waals surface area contributed by atoms with E-state index in [-0.39, 0.29) is 18.3 Å². The van der Waals surface area contributed by atoms with Crippen LogP contribution in [0.15, 0.2) is 47.5 Å². The first-order chi connectivity index (χ1) is 15.2. The van der Waals surface area contributed by atoms with Gasteiger partial charge in [-0.05, 0) is 55.8 Å². The number of rotatable bonds is 5.